The maximum absolute atomic E-state index is 15.1. The number of benzene rings is 3. The van der Waals surface area contributed by atoms with Crippen LogP contribution in [0.1, 0.15) is 104 Å². The number of aliphatic imine (C=N–C) groups is 1. The fourth-order valence-corrected chi connectivity index (χ4v) is 12.5. The smallest absolute Gasteiger partial charge is 0.267 e. The van der Waals surface area contributed by atoms with Crippen molar-refractivity contribution in [3.05, 3.63) is 106 Å². The number of halogens is 1. The lowest BCUT2D eigenvalue weighted by atomic mass is 9.85. The van der Waals surface area contributed by atoms with Crippen molar-refractivity contribution in [3.63, 3.8) is 0 Å². The number of primary amides is 2. The number of para-hydroxylation sites is 1. The summed E-state index contributed by atoms with van der Waals surface area (Å²) in [5.41, 5.74) is 23.4. The number of aromatic amines is 1. The lowest BCUT2D eigenvalue weighted by Gasteiger charge is -2.34. The second-order valence-electron chi connectivity index (χ2n) is 26.9. The van der Waals surface area contributed by atoms with Crippen molar-refractivity contribution < 1.29 is 80.4 Å². The van der Waals surface area contributed by atoms with E-state index in [4.69, 9.17) is 22.9 Å². The Labute approximate surface area is 610 Å². The second-order valence-corrected chi connectivity index (χ2v) is 29.3. The summed E-state index contributed by atoms with van der Waals surface area (Å²) < 4.78 is 36.3. The number of H-pyrrole nitrogens is 1. The van der Waals surface area contributed by atoms with Gasteiger partial charge in [0, 0.05) is 67.4 Å². The number of rotatable bonds is 39. The van der Waals surface area contributed by atoms with Gasteiger partial charge in [-0.3, -0.25) is 71.9 Å². The van der Waals surface area contributed by atoms with Crippen LogP contribution >= 0.6 is 15.9 Å². The number of hydrogen-bond donors (Lipinski definition) is 16. The van der Waals surface area contributed by atoms with Crippen LogP contribution in [0.5, 0.6) is 0 Å². The Balaban J connectivity index is 1.43. The fourth-order valence-electron chi connectivity index (χ4n) is 11.6. The zero-order valence-corrected chi connectivity index (χ0v) is 61.5. The van der Waals surface area contributed by atoms with Gasteiger partial charge in [0.2, 0.25) is 77.3 Å². The Kier molecular flexibility index (Phi) is 31.7. The van der Waals surface area contributed by atoms with Gasteiger partial charge in [-0.15, -0.1) is 0 Å². The standard InChI is InChI=1S/C68H96BrN17O17S/c1-36(2)53(82-62(96)51-21-15-29-86(51)65(99)48(80-57(91)37(3)76-35-87)31-40-22-24-42(69)25-23-40)63(97)84-55(68(5,6)7)64(98)79-47(32-41-33-75-44-19-13-12-18-43(41)44)59(93)77-45(20-14-28-74-67(72)73)58(92)81-49(34-104(101,102)103)60(94)83-54(38(4)88)66(100)85(8)50(26-27-52(70)89)61(95)78-46(56(71)90)30-39-16-10-9-11-17-39/h9-13,16-19,22-25,33,35-38,45-51,53-55,75,88H,14-15,20-21,26-32,34H2,1-8H3,(H2,70,89)(H2,71,90)(H,76,87)(H,77,93)(H,78,95)(H,79,98)(H,80,91)(H,81,92)(H,82,96)(H,83,94)(H,84,97)(H4,72,73,74)(H,101,102,103)/t37-,38-,45?,46-,47?,48+,49-,50+,51+,53-,54+,55-/m1/s1. The molecule has 12 atom stereocenters. The molecule has 3 aromatic carbocycles. The Bertz CT molecular complexity index is 3870. The molecule has 1 fully saturated rings. The quantitative estimate of drug-likeness (QED) is 0.00726. The molecular weight excluding hydrogens is 1440 g/mol. The average molecular weight is 1540 g/mol. The zero-order valence-electron chi connectivity index (χ0n) is 59.1. The van der Waals surface area contributed by atoms with E-state index in [2.05, 4.69) is 73.8 Å². The molecule has 4 aromatic rings. The van der Waals surface area contributed by atoms with Crippen molar-refractivity contribution in [2.24, 2.45) is 39.3 Å². The number of nitrogens with one attached hydrogen (secondary N) is 10. The number of carbonyl (C=O) groups is 13. The number of nitrogens with two attached hydrogens (primary N) is 4. The molecule has 2 unspecified atom stereocenters. The average Bonchev–Trinajstić information content (AvgIpc) is 1.63. The van der Waals surface area contributed by atoms with Crippen LogP contribution in [-0.4, -0.2) is 215 Å². The number of aliphatic hydroxyl groups is 1. The third kappa shape index (κ3) is 25.7. The number of likely N-dealkylation sites (N-methyl/N-ethyl adjacent to an activating group) is 1. The first-order valence-corrected chi connectivity index (χ1v) is 36.0. The Morgan fingerprint density at radius 2 is 1.26 bits per heavy atom. The van der Waals surface area contributed by atoms with E-state index in [-0.39, 0.29) is 57.6 Å². The van der Waals surface area contributed by atoms with Gasteiger partial charge in [-0.25, -0.2) is 0 Å². The minimum atomic E-state index is -5.25. The molecule has 1 aromatic heterocycles. The molecule has 568 valence electrons. The van der Waals surface area contributed by atoms with Crippen LogP contribution in [0, 0.1) is 11.3 Å². The summed E-state index contributed by atoms with van der Waals surface area (Å²) >= 11 is 3.39. The zero-order chi connectivity index (χ0) is 77.5. The molecule has 104 heavy (non-hydrogen) atoms. The topological polar surface area (TPSA) is 543 Å². The lowest BCUT2D eigenvalue weighted by molar-refractivity contribution is -0.145. The molecule has 34 nitrogen and oxygen atoms in total. The van der Waals surface area contributed by atoms with E-state index in [0.29, 0.717) is 40.4 Å². The number of hydrogen-bond acceptors (Lipinski definition) is 17. The number of likely N-dealkylation sites (tertiary alicyclic amines) is 1. The van der Waals surface area contributed by atoms with Gasteiger partial charge in [0.1, 0.15) is 72.2 Å². The highest BCUT2D eigenvalue weighted by atomic mass is 79.9. The summed E-state index contributed by atoms with van der Waals surface area (Å²) in [4.78, 5) is 189. The van der Waals surface area contributed by atoms with E-state index < -0.39 is 183 Å². The summed E-state index contributed by atoms with van der Waals surface area (Å²) in [5, 5.41) is 34.4. The van der Waals surface area contributed by atoms with E-state index in [0.717, 1.165) is 23.3 Å². The maximum atomic E-state index is 15.1. The number of fused-ring (bicyclic) bond motifs is 1. The number of aliphatic hydroxyl groups excluding tert-OH is 1. The van der Waals surface area contributed by atoms with Gasteiger partial charge in [-0.05, 0) is 92.2 Å². The third-order valence-corrected chi connectivity index (χ3v) is 18.6. The van der Waals surface area contributed by atoms with E-state index in [1.807, 2.05) is 0 Å². The van der Waals surface area contributed by atoms with Gasteiger partial charge >= 0.3 is 0 Å². The van der Waals surface area contributed by atoms with E-state index in [1.165, 1.54) is 11.8 Å². The number of amides is 13. The minimum Gasteiger partial charge on any atom is -0.391 e. The van der Waals surface area contributed by atoms with Crippen molar-refractivity contribution in [3.8, 4) is 0 Å². The summed E-state index contributed by atoms with van der Waals surface area (Å²) in [6.07, 6.45) is -1.21. The van der Waals surface area contributed by atoms with E-state index in [1.54, 1.807) is 120 Å². The molecule has 0 radical (unpaired) electrons. The van der Waals surface area contributed by atoms with Crippen LogP contribution in [0.4, 0.5) is 0 Å². The van der Waals surface area contributed by atoms with Crippen molar-refractivity contribution in [2.45, 2.75) is 179 Å². The normalized spacial score (nSPS) is 16.2. The first-order valence-electron chi connectivity index (χ1n) is 33.6. The van der Waals surface area contributed by atoms with E-state index >= 15 is 9.59 Å². The van der Waals surface area contributed by atoms with Crippen LogP contribution in [0.3, 0.4) is 0 Å². The Hall–Kier alpha value is -10.1. The predicted octanol–water partition coefficient (Wildman–Crippen LogP) is -2.44. The predicted molar refractivity (Wildman–Crippen MR) is 385 cm³/mol. The van der Waals surface area contributed by atoms with Crippen molar-refractivity contribution in [2.75, 3.05) is 25.9 Å². The molecule has 20 N–H and O–H groups in total. The van der Waals surface area contributed by atoms with Gasteiger partial charge in [-0.2, -0.15) is 8.42 Å². The molecule has 5 rings (SSSR count). The van der Waals surface area contributed by atoms with Gasteiger partial charge < -0.3 is 90.7 Å². The van der Waals surface area contributed by atoms with Crippen molar-refractivity contribution in [1.29, 1.82) is 0 Å². The monoisotopic (exact) mass is 1530 g/mol. The van der Waals surface area contributed by atoms with Crippen LogP contribution < -0.4 is 70.8 Å². The number of carbonyl (C=O) groups excluding carboxylic acids is 13. The number of guanidine groups is 1. The van der Waals surface area contributed by atoms with Gasteiger partial charge in [-0.1, -0.05) is 111 Å². The van der Waals surface area contributed by atoms with Crippen molar-refractivity contribution in [1.82, 2.24) is 62.6 Å². The molecule has 13 amide bonds. The fraction of sp³-hybridized carbons (Fsp3) is 0.500. The SMILES string of the molecule is CC(C)[C@@H](NC(=O)[C@@H]1CCCN1C(=O)[C@H](Cc1ccc(Br)cc1)NC(=O)[C@@H](C)NC=O)C(=O)N[C@H](C(=O)NC(Cc1c[nH]c2ccccc12)C(=O)NC(CCCN=C(N)N)C(=O)N[C@H](CS(=O)(=O)O)C(=O)N[C@H](C(=O)N(C)[C@@H](CCC(N)=O)C(=O)N[C@H](Cc1ccccc1)C(N)=O)[C@@H](C)O)C(C)(C)C. The van der Waals surface area contributed by atoms with Crippen LogP contribution in [0.15, 0.2) is 94.5 Å². The highest BCUT2D eigenvalue weighted by molar-refractivity contribution is 9.10. The first kappa shape index (κ1) is 84.6. The van der Waals surface area contributed by atoms with Crippen LogP contribution in [0.2, 0.25) is 0 Å². The molecule has 1 aliphatic heterocycles. The van der Waals surface area contributed by atoms with Crippen molar-refractivity contribution >= 4 is 120 Å². The molecule has 2 heterocycles. The highest BCUT2D eigenvalue weighted by Crippen LogP contribution is 2.25. The van der Waals surface area contributed by atoms with Gasteiger partial charge in [0.15, 0.2) is 5.96 Å². The lowest BCUT2D eigenvalue weighted by Crippen LogP contribution is -2.63. The summed E-state index contributed by atoms with van der Waals surface area (Å²) in [6.45, 7) is 10.5. The summed E-state index contributed by atoms with van der Waals surface area (Å²) in [6, 6.07) is 5.35. The largest absolute Gasteiger partial charge is 0.391 e. The molecule has 1 aliphatic rings. The summed E-state index contributed by atoms with van der Waals surface area (Å²) in [5.74, 6) is -14.3. The van der Waals surface area contributed by atoms with Crippen LogP contribution in [-0.2, 0) is 91.7 Å². The molecular formula is C68H96BrN17O17S. The number of aromatic nitrogens is 1. The maximum Gasteiger partial charge on any atom is 0.267 e. The highest BCUT2D eigenvalue weighted by Gasteiger charge is 2.44. The third-order valence-electron chi connectivity index (χ3n) is 17.3. The van der Waals surface area contributed by atoms with Crippen LogP contribution in [0.25, 0.3) is 10.9 Å². The second kappa shape index (κ2) is 39.0. The number of nitrogens with zero attached hydrogens (tertiary/aromatic N) is 3. The Morgan fingerprint density at radius 3 is 1.86 bits per heavy atom. The Morgan fingerprint density at radius 1 is 0.683 bits per heavy atom. The molecule has 0 aliphatic carbocycles. The molecule has 1 saturated heterocycles. The van der Waals surface area contributed by atoms with Gasteiger partial charge in [0.05, 0.1) is 6.10 Å². The molecule has 0 spiro atoms. The summed E-state index contributed by atoms with van der Waals surface area (Å²) in [7, 11) is -4.20. The van der Waals surface area contributed by atoms with E-state index in [9.17, 15) is 70.8 Å². The molecule has 0 saturated carbocycles. The van der Waals surface area contributed by atoms with Gasteiger partial charge in [0.25, 0.3) is 10.1 Å². The molecule has 36 heteroatoms. The first-order chi connectivity index (χ1) is 48.8. The minimum absolute atomic E-state index is 0.0142. The molecule has 0 bridgehead atoms.